The highest BCUT2D eigenvalue weighted by molar-refractivity contribution is 7.47. The van der Waals surface area contributed by atoms with Crippen molar-refractivity contribution in [3.05, 3.63) is 12.2 Å². The van der Waals surface area contributed by atoms with Gasteiger partial charge in [-0.3, -0.25) is 18.6 Å². The lowest BCUT2D eigenvalue weighted by Crippen LogP contribution is -2.29. The van der Waals surface area contributed by atoms with Gasteiger partial charge in [0.2, 0.25) is 0 Å². The molecule has 0 aromatic carbocycles. The molecule has 0 bridgehead atoms. The highest BCUT2D eigenvalue weighted by Crippen LogP contribution is 2.43. The first kappa shape index (κ1) is 55.8. The Labute approximate surface area is 351 Å². The standard InChI is InChI=1S/C47H92NO8P/c1-3-5-7-9-11-13-15-17-18-19-20-21-22-23-24-25-26-28-29-31-33-35-37-39-46(49)53-43-45(44-55-57(51,52)54-42-41-48)56-47(50)40-38-36-34-32-30-27-16-14-12-10-8-6-4-2/h14,16,45H,3-13,15,17-44,48H2,1-2H3,(H,51,52)/b16-14-. The van der Waals surface area contributed by atoms with E-state index >= 15 is 0 Å². The third-order valence-corrected chi connectivity index (χ3v) is 11.6. The van der Waals surface area contributed by atoms with Crippen molar-refractivity contribution in [3.8, 4) is 0 Å². The molecular weight excluding hydrogens is 737 g/mol. The maximum atomic E-state index is 12.6. The van der Waals surface area contributed by atoms with Gasteiger partial charge in [0, 0.05) is 19.4 Å². The van der Waals surface area contributed by atoms with E-state index in [2.05, 4.69) is 26.0 Å². The Hall–Kier alpha value is -1.25. The molecule has 9 nitrogen and oxygen atoms in total. The number of nitrogens with two attached hydrogens (primary N) is 1. The minimum Gasteiger partial charge on any atom is -0.462 e. The van der Waals surface area contributed by atoms with Crippen molar-refractivity contribution in [3.63, 3.8) is 0 Å². The topological polar surface area (TPSA) is 134 Å². The Balaban J connectivity index is 3.97. The molecular formula is C47H92NO8P. The number of unbranched alkanes of at least 4 members (excludes halogenated alkanes) is 31. The molecule has 0 fully saturated rings. The van der Waals surface area contributed by atoms with Crippen LogP contribution in [-0.4, -0.2) is 49.3 Å². The van der Waals surface area contributed by atoms with E-state index in [1.54, 1.807) is 0 Å². The Morgan fingerprint density at radius 3 is 1.26 bits per heavy atom. The summed E-state index contributed by atoms with van der Waals surface area (Å²) in [7, 11) is -4.37. The largest absolute Gasteiger partial charge is 0.472 e. The number of carbonyl (C=O) groups excluding carboxylic acids is 2. The first-order valence-electron chi connectivity index (χ1n) is 24.2. The van der Waals surface area contributed by atoms with Gasteiger partial charge in [-0.15, -0.1) is 0 Å². The van der Waals surface area contributed by atoms with Gasteiger partial charge in [-0.05, 0) is 38.5 Å². The van der Waals surface area contributed by atoms with Crippen molar-refractivity contribution in [1.82, 2.24) is 0 Å². The lowest BCUT2D eigenvalue weighted by Gasteiger charge is -2.19. The van der Waals surface area contributed by atoms with Crippen LogP contribution in [0.5, 0.6) is 0 Å². The molecule has 0 amide bonds. The predicted molar refractivity (Wildman–Crippen MR) is 238 cm³/mol. The number of rotatable bonds is 46. The average Bonchev–Trinajstić information content (AvgIpc) is 3.20. The lowest BCUT2D eigenvalue weighted by atomic mass is 10.0. The summed E-state index contributed by atoms with van der Waals surface area (Å²) < 4.78 is 32.8. The molecule has 57 heavy (non-hydrogen) atoms. The smallest absolute Gasteiger partial charge is 0.462 e. The van der Waals surface area contributed by atoms with Gasteiger partial charge in [0.1, 0.15) is 6.61 Å². The van der Waals surface area contributed by atoms with Crippen LogP contribution in [0.15, 0.2) is 12.2 Å². The van der Waals surface area contributed by atoms with Crippen molar-refractivity contribution in [2.45, 2.75) is 251 Å². The van der Waals surface area contributed by atoms with Gasteiger partial charge in [-0.25, -0.2) is 4.57 Å². The maximum Gasteiger partial charge on any atom is 0.472 e. The number of ether oxygens (including phenoxy) is 2. The Morgan fingerprint density at radius 2 is 0.860 bits per heavy atom. The lowest BCUT2D eigenvalue weighted by molar-refractivity contribution is -0.161. The second-order valence-corrected chi connectivity index (χ2v) is 17.8. The zero-order chi connectivity index (χ0) is 41.8. The van der Waals surface area contributed by atoms with E-state index < -0.39 is 26.5 Å². The number of allylic oxidation sites excluding steroid dienone is 2. The van der Waals surface area contributed by atoms with Gasteiger partial charge in [-0.2, -0.15) is 0 Å². The van der Waals surface area contributed by atoms with Crippen LogP contribution in [-0.2, 0) is 32.7 Å². The van der Waals surface area contributed by atoms with Crippen molar-refractivity contribution >= 4 is 19.8 Å². The van der Waals surface area contributed by atoms with Crippen LogP contribution in [0.2, 0.25) is 0 Å². The molecule has 10 heteroatoms. The normalized spacial score (nSPS) is 13.3. The van der Waals surface area contributed by atoms with Crippen LogP contribution in [0.25, 0.3) is 0 Å². The van der Waals surface area contributed by atoms with Crippen LogP contribution in [0.1, 0.15) is 245 Å². The third-order valence-electron chi connectivity index (χ3n) is 10.7. The molecule has 2 atom stereocenters. The van der Waals surface area contributed by atoms with Gasteiger partial charge in [0.25, 0.3) is 0 Å². The molecule has 3 N–H and O–H groups in total. The van der Waals surface area contributed by atoms with Crippen LogP contribution < -0.4 is 5.73 Å². The molecule has 338 valence electrons. The number of hydrogen-bond donors (Lipinski definition) is 2. The van der Waals surface area contributed by atoms with E-state index in [0.29, 0.717) is 6.42 Å². The fourth-order valence-corrected chi connectivity index (χ4v) is 7.81. The minimum atomic E-state index is -4.37. The van der Waals surface area contributed by atoms with E-state index in [-0.39, 0.29) is 38.6 Å². The van der Waals surface area contributed by atoms with Gasteiger partial charge in [0.05, 0.1) is 13.2 Å². The average molecular weight is 830 g/mol. The molecule has 0 saturated heterocycles. The van der Waals surface area contributed by atoms with Crippen molar-refractivity contribution in [2.24, 2.45) is 5.73 Å². The molecule has 0 rings (SSSR count). The van der Waals surface area contributed by atoms with Crippen molar-refractivity contribution in [1.29, 1.82) is 0 Å². The molecule has 0 aliphatic carbocycles. The number of phosphoric acid groups is 1. The van der Waals surface area contributed by atoms with E-state index in [1.165, 1.54) is 161 Å². The molecule has 0 aliphatic heterocycles. The van der Waals surface area contributed by atoms with Crippen LogP contribution >= 0.6 is 7.82 Å². The Kier molecular flexibility index (Phi) is 43.3. The predicted octanol–water partition coefficient (Wildman–Crippen LogP) is 14.2. The molecule has 0 aromatic rings. The number of carbonyl (C=O) groups is 2. The summed E-state index contributed by atoms with van der Waals surface area (Å²) in [6, 6.07) is 0. The first-order chi connectivity index (χ1) is 27.8. The second-order valence-electron chi connectivity index (χ2n) is 16.3. The summed E-state index contributed by atoms with van der Waals surface area (Å²) in [5, 5.41) is 0. The third kappa shape index (κ3) is 44.1. The summed E-state index contributed by atoms with van der Waals surface area (Å²) in [5.41, 5.74) is 5.35. The zero-order valence-corrected chi connectivity index (χ0v) is 38.2. The quantitative estimate of drug-likeness (QED) is 0.0266. The van der Waals surface area contributed by atoms with Crippen LogP contribution in [0, 0.1) is 0 Å². The molecule has 0 saturated carbocycles. The fraction of sp³-hybridized carbons (Fsp3) is 0.915. The number of phosphoric ester groups is 1. The molecule has 0 aliphatic rings. The van der Waals surface area contributed by atoms with Crippen molar-refractivity contribution < 1.29 is 37.6 Å². The Morgan fingerprint density at radius 1 is 0.509 bits per heavy atom. The molecule has 0 heterocycles. The maximum absolute atomic E-state index is 12.6. The highest BCUT2D eigenvalue weighted by atomic mass is 31.2. The number of hydrogen-bond acceptors (Lipinski definition) is 8. The first-order valence-corrected chi connectivity index (χ1v) is 25.7. The molecule has 2 unspecified atom stereocenters. The monoisotopic (exact) mass is 830 g/mol. The summed E-state index contributed by atoms with van der Waals surface area (Å²) >= 11 is 0. The summed E-state index contributed by atoms with van der Waals surface area (Å²) in [5.74, 6) is -0.825. The molecule has 0 spiro atoms. The van der Waals surface area contributed by atoms with Gasteiger partial charge < -0.3 is 20.1 Å². The van der Waals surface area contributed by atoms with E-state index in [4.69, 9.17) is 24.3 Å². The van der Waals surface area contributed by atoms with Gasteiger partial charge in [-0.1, -0.05) is 206 Å². The molecule has 0 radical (unpaired) electrons. The van der Waals surface area contributed by atoms with Gasteiger partial charge >= 0.3 is 19.8 Å². The Bertz CT molecular complexity index is 948. The summed E-state index contributed by atoms with van der Waals surface area (Å²) in [6.45, 7) is 3.75. The van der Waals surface area contributed by atoms with Gasteiger partial charge in [0.15, 0.2) is 6.10 Å². The highest BCUT2D eigenvalue weighted by Gasteiger charge is 2.26. The van der Waals surface area contributed by atoms with E-state index in [9.17, 15) is 19.0 Å². The summed E-state index contributed by atoms with van der Waals surface area (Å²) in [6.07, 6.45) is 46.8. The fourth-order valence-electron chi connectivity index (χ4n) is 7.04. The minimum absolute atomic E-state index is 0.0549. The van der Waals surface area contributed by atoms with Crippen molar-refractivity contribution in [2.75, 3.05) is 26.4 Å². The number of esters is 2. The van der Waals surface area contributed by atoms with Crippen LogP contribution in [0.4, 0.5) is 0 Å². The van der Waals surface area contributed by atoms with Crippen LogP contribution in [0.3, 0.4) is 0 Å². The van der Waals surface area contributed by atoms with E-state index in [1.807, 2.05) is 0 Å². The SMILES string of the molecule is CCCCCC/C=C\CCCCCCCC(=O)OC(COC(=O)CCCCCCCCCCCCCCCCCCCCCCCCC)COP(=O)(O)OCCN. The summed E-state index contributed by atoms with van der Waals surface area (Å²) in [4.78, 5) is 34.9. The zero-order valence-electron chi connectivity index (χ0n) is 37.3. The van der Waals surface area contributed by atoms with E-state index in [0.717, 1.165) is 51.4 Å². The molecule has 0 aromatic heterocycles. The second kappa shape index (κ2) is 44.3.